The number of carboxylic acids is 1. The minimum atomic E-state index is -0.784. The van der Waals surface area contributed by atoms with Crippen molar-refractivity contribution < 1.29 is 14.6 Å². The third-order valence-electron chi connectivity index (χ3n) is 3.22. The predicted molar refractivity (Wildman–Crippen MR) is 70.8 cm³/mol. The number of morpholine rings is 1. The Kier molecular flexibility index (Phi) is 7.23. The number of carboxylic acid groups (broad SMARTS) is 1. The van der Waals surface area contributed by atoms with E-state index in [0.29, 0.717) is 6.54 Å². The molecule has 1 N–H and O–H groups in total. The third-order valence-corrected chi connectivity index (χ3v) is 3.22. The molecule has 0 saturated carbocycles. The van der Waals surface area contributed by atoms with Gasteiger partial charge in [0.2, 0.25) is 0 Å². The van der Waals surface area contributed by atoms with Crippen LogP contribution in [0.15, 0.2) is 0 Å². The fraction of sp³-hybridized carbons (Fsp3) is 0.923. The molecule has 0 radical (unpaired) electrons. The first-order valence-electron chi connectivity index (χ1n) is 6.86. The lowest BCUT2D eigenvalue weighted by Crippen LogP contribution is -2.47. The molecule has 0 aliphatic carbocycles. The Morgan fingerprint density at radius 3 is 2.94 bits per heavy atom. The van der Waals surface area contributed by atoms with Gasteiger partial charge >= 0.3 is 5.97 Å². The molecule has 1 fully saturated rings. The van der Waals surface area contributed by atoms with Gasteiger partial charge in [-0.15, -0.1) is 0 Å². The zero-order valence-corrected chi connectivity index (χ0v) is 11.6. The van der Waals surface area contributed by atoms with Crippen LogP contribution in [-0.4, -0.2) is 73.4 Å². The van der Waals surface area contributed by atoms with Crippen molar-refractivity contribution in [3.63, 3.8) is 0 Å². The molecule has 1 aliphatic rings. The second kappa shape index (κ2) is 8.45. The van der Waals surface area contributed by atoms with Crippen LogP contribution in [0.4, 0.5) is 0 Å². The van der Waals surface area contributed by atoms with E-state index in [0.717, 1.165) is 26.2 Å². The molecule has 0 amide bonds. The molecule has 1 unspecified atom stereocenters. The maximum atomic E-state index is 10.6. The van der Waals surface area contributed by atoms with Gasteiger partial charge in [-0.05, 0) is 20.0 Å². The van der Waals surface area contributed by atoms with Gasteiger partial charge in [0.25, 0.3) is 0 Å². The SMILES string of the molecule is CCCCCN1CCOC(CN(C)CC(=O)O)C1. The van der Waals surface area contributed by atoms with E-state index in [9.17, 15) is 4.79 Å². The van der Waals surface area contributed by atoms with Crippen molar-refractivity contribution in [3.8, 4) is 0 Å². The average Bonchev–Trinajstić information content (AvgIpc) is 2.28. The van der Waals surface area contributed by atoms with Gasteiger partial charge in [-0.1, -0.05) is 19.8 Å². The minimum absolute atomic E-state index is 0.0791. The molecule has 1 heterocycles. The molecule has 1 atom stereocenters. The Hall–Kier alpha value is -0.650. The van der Waals surface area contributed by atoms with Gasteiger partial charge in [0.1, 0.15) is 0 Å². The summed E-state index contributed by atoms with van der Waals surface area (Å²) in [5, 5.41) is 8.72. The number of rotatable bonds is 8. The Morgan fingerprint density at radius 2 is 2.28 bits per heavy atom. The van der Waals surface area contributed by atoms with Crippen LogP contribution in [0.1, 0.15) is 26.2 Å². The zero-order chi connectivity index (χ0) is 13.4. The molecule has 0 aromatic carbocycles. The van der Waals surface area contributed by atoms with E-state index in [1.165, 1.54) is 19.3 Å². The van der Waals surface area contributed by atoms with Crippen molar-refractivity contribution in [1.82, 2.24) is 9.80 Å². The van der Waals surface area contributed by atoms with E-state index < -0.39 is 5.97 Å². The van der Waals surface area contributed by atoms with Crippen LogP contribution in [0, 0.1) is 0 Å². The molecule has 0 bridgehead atoms. The van der Waals surface area contributed by atoms with Crippen molar-refractivity contribution in [1.29, 1.82) is 0 Å². The highest BCUT2D eigenvalue weighted by molar-refractivity contribution is 5.68. The summed E-state index contributed by atoms with van der Waals surface area (Å²) in [6, 6.07) is 0. The summed E-state index contributed by atoms with van der Waals surface area (Å²) in [4.78, 5) is 14.8. The van der Waals surface area contributed by atoms with Crippen LogP contribution < -0.4 is 0 Å². The molecule has 0 spiro atoms. The number of ether oxygens (including phenoxy) is 1. The second-order valence-corrected chi connectivity index (χ2v) is 5.09. The first-order valence-corrected chi connectivity index (χ1v) is 6.86. The highest BCUT2D eigenvalue weighted by Gasteiger charge is 2.21. The summed E-state index contributed by atoms with van der Waals surface area (Å²) in [5.41, 5.74) is 0. The largest absolute Gasteiger partial charge is 0.480 e. The van der Waals surface area contributed by atoms with Gasteiger partial charge in [-0.2, -0.15) is 0 Å². The highest BCUT2D eigenvalue weighted by atomic mass is 16.5. The van der Waals surface area contributed by atoms with Crippen molar-refractivity contribution in [2.24, 2.45) is 0 Å². The molecule has 5 nitrogen and oxygen atoms in total. The van der Waals surface area contributed by atoms with E-state index in [-0.39, 0.29) is 12.6 Å². The normalized spacial score (nSPS) is 21.4. The van der Waals surface area contributed by atoms with Crippen molar-refractivity contribution >= 4 is 5.97 Å². The van der Waals surface area contributed by atoms with Gasteiger partial charge in [0.15, 0.2) is 0 Å². The number of unbranched alkanes of at least 4 members (excludes halogenated alkanes) is 2. The molecule has 18 heavy (non-hydrogen) atoms. The Morgan fingerprint density at radius 1 is 1.50 bits per heavy atom. The first-order chi connectivity index (χ1) is 8.61. The van der Waals surface area contributed by atoms with Crippen LogP contribution >= 0.6 is 0 Å². The second-order valence-electron chi connectivity index (χ2n) is 5.09. The van der Waals surface area contributed by atoms with Gasteiger partial charge in [-0.25, -0.2) is 0 Å². The van der Waals surface area contributed by atoms with Gasteiger partial charge in [0.05, 0.1) is 19.3 Å². The Labute approximate surface area is 110 Å². The molecule has 5 heteroatoms. The smallest absolute Gasteiger partial charge is 0.317 e. The van der Waals surface area contributed by atoms with E-state index >= 15 is 0 Å². The van der Waals surface area contributed by atoms with Gasteiger partial charge in [-0.3, -0.25) is 14.6 Å². The number of hydrogen-bond donors (Lipinski definition) is 1. The molecular formula is C13H26N2O3. The van der Waals surface area contributed by atoms with E-state index in [4.69, 9.17) is 9.84 Å². The number of aliphatic carboxylic acids is 1. The highest BCUT2D eigenvalue weighted by Crippen LogP contribution is 2.08. The molecule has 1 saturated heterocycles. The summed E-state index contributed by atoms with van der Waals surface area (Å²) in [6.07, 6.45) is 3.91. The zero-order valence-electron chi connectivity index (χ0n) is 11.6. The monoisotopic (exact) mass is 258 g/mol. The molecule has 1 aliphatic heterocycles. The summed E-state index contributed by atoms with van der Waals surface area (Å²) in [7, 11) is 1.83. The minimum Gasteiger partial charge on any atom is -0.480 e. The van der Waals surface area contributed by atoms with E-state index in [1.807, 2.05) is 11.9 Å². The van der Waals surface area contributed by atoms with Crippen LogP contribution in [-0.2, 0) is 9.53 Å². The van der Waals surface area contributed by atoms with Crippen molar-refractivity contribution in [3.05, 3.63) is 0 Å². The number of likely N-dealkylation sites (N-methyl/N-ethyl adjacent to an activating group) is 1. The fourth-order valence-electron chi connectivity index (χ4n) is 2.32. The summed E-state index contributed by atoms with van der Waals surface area (Å²) >= 11 is 0. The van der Waals surface area contributed by atoms with Crippen LogP contribution in [0.5, 0.6) is 0 Å². The first kappa shape index (κ1) is 15.4. The van der Waals surface area contributed by atoms with Crippen molar-refractivity contribution in [2.45, 2.75) is 32.3 Å². The predicted octanol–water partition coefficient (Wildman–Crippen LogP) is 0.894. The molecule has 0 aromatic rings. The van der Waals surface area contributed by atoms with E-state index in [1.54, 1.807) is 0 Å². The van der Waals surface area contributed by atoms with Gasteiger partial charge < -0.3 is 9.84 Å². The van der Waals surface area contributed by atoms with Crippen LogP contribution in [0.25, 0.3) is 0 Å². The lowest BCUT2D eigenvalue weighted by atomic mass is 10.2. The average molecular weight is 258 g/mol. The maximum absolute atomic E-state index is 10.6. The quantitative estimate of drug-likeness (QED) is 0.655. The van der Waals surface area contributed by atoms with Crippen molar-refractivity contribution in [2.75, 3.05) is 46.4 Å². The molecule has 1 rings (SSSR count). The molecule has 0 aromatic heterocycles. The standard InChI is InChI=1S/C13H26N2O3/c1-3-4-5-6-15-7-8-18-12(10-15)9-14(2)11-13(16)17/h12H,3-11H2,1-2H3,(H,16,17). The summed E-state index contributed by atoms with van der Waals surface area (Å²) in [5.74, 6) is -0.784. The molecule has 106 valence electrons. The lowest BCUT2D eigenvalue weighted by molar-refractivity contribution is -0.138. The number of carbonyl (C=O) groups is 1. The summed E-state index contributed by atoms with van der Waals surface area (Å²) < 4.78 is 5.69. The maximum Gasteiger partial charge on any atom is 0.317 e. The third kappa shape index (κ3) is 6.33. The lowest BCUT2D eigenvalue weighted by Gasteiger charge is -2.34. The topological polar surface area (TPSA) is 53.0 Å². The van der Waals surface area contributed by atoms with Crippen LogP contribution in [0.3, 0.4) is 0 Å². The molecular weight excluding hydrogens is 232 g/mol. The Bertz CT molecular complexity index is 248. The number of nitrogens with zero attached hydrogens (tertiary/aromatic N) is 2. The Balaban J connectivity index is 2.23. The fourth-order valence-corrected chi connectivity index (χ4v) is 2.32. The summed E-state index contributed by atoms with van der Waals surface area (Å²) in [6.45, 7) is 6.81. The van der Waals surface area contributed by atoms with Gasteiger partial charge in [0, 0.05) is 19.6 Å². The van der Waals surface area contributed by atoms with Crippen LogP contribution in [0.2, 0.25) is 0 Å². The number of hydrogen-bond acceptors (Lipinski definition) is 4. The van der Waals surface area contributed by atoms with E-state index in [2.05, 4.69) is 11.8 Å².